The second kappa shape index (κ2) is 5.16. The van der Waals surface area contributed by atoms with E-state index in [4.69, 9.17) is 5.84 Å². The summed E-state index contributed by atoms with van der Waals surface area (Å²) in [5, 5.41) is 3.34. The number of nitrogens with one attached hydrogen (secondary N) is 2. The molecule has 1 aliphatic rings. The van der Waals surface area contributed by atoms with Gasteiger partial charge in [0.1, 0.15) is 0 Å². The summed E-state index contributed by atoms with van der Waals surface area (Å²) in [6.45, 7) is 10.3. The van der Waals surface area contributed by atoms with E-state index in [9.17, 15) is 0 Å². The molecule has 1 saturated carbocycles. The molecule has 7 nitrogen and oxygen atoms in total. The molecule has 0 amide bonds. The van der Waals surface area contributed by atoms with E-state index >= 15 is 0 Å². The van der Waals surface area contributed by atoms with E-state index in [1.165, 1.54) is 0 Å². The van der Waals surface area contributed by atoms with Crippen molar-refractivity contribution in [2.75, 3.05) is 28.7 Å². The number of anilines is 3. The highest BCUT2D eigenvalue weighted by atomic mass is 15.4. The lowest BCUT2D eigenvalue weighted by Gasteiger charge is -2.19. The van der Waals surface area contributed by atoms with Crippen molar-refractivity contribution >= 4 is 17.8 Å². The number of nitrogen functional groups attached to an aromatic ring is 1. The minimum Gasteiger partial charge on any atom is -0.351 e. The minimum atomic E-state index is 0.318. The average molecular weight is 265 g/mol. The van der Waals surface area contributed by atoms with Crippen LogP contribution in [0.25, 0.3) is 0 Å². The molecule has 1 unspecified atom stereocenters. The standard InChI is InChI=1S/C12H23N7/c1-5-19(6-2)11-16-9(15-10(17-11)18-13)14-8-7-12(8,3)4/h8H,5-7,13H2,1-4H3,(H2,14,15,16,17,18). The lowest BCUT2D eigenvalue weighted by molar-refractivity contribution is 0.628. The van der Waals surface area contributed by atoms with Crippen LogP contribution in [0.3, 0.4) is 0 Å². The Morgan fingerprint density at radius 1 is 1.21 bits per heavy atom. The highest BCUT2D eigenvalue weighted by Crippen LogP contribution is 2.46. The van der Waals surface area contributed by atoms with Gasteiger partial charge in [-0.05, 0) is 25.7 Å². The quantitative estimate of drug-likeness (QED) is 0.526. The van der Waals surface area contributed by atoms with Gasteiger partial charge >= 0.3 is 0 Å². The maximum absolute atomic E-state index is 5.42. The molecule has 0 radical (unpaired) electrons. The normalized spacial score (nSPS) is 19.9. The number of nitrogens with two attached hydrogens (primary N) is 1. The highest BCUT2D eigenvalue weighted by molar-refractivity contribution is 5.44. The zero-order valence-corrected chi connectivity index (χ0v) is 12.1. The Kier molecular flexibility index (Phi) is 3.75. The van der Waals surface area contributed by atoms with E-state index in [-0.39, 0.29) is 0 Å². The Labute approximate surface area is 114 Å². The predicted molar refractivity (Wildman–Crippen MR) is 77.0 cm³/mol. The molecular weight excluding hydrogens is 242 g/mol. The van der Waals surface area contributed by atoms with Crippen LogP contribution in [-0.2, 0) is 0 Å². The third-order valence-corrected chi connectivity index (χ3v) is 3.62. The third-order valence-electron chi connectivity index (χ3n) is 3.62. The molecule has 1 atom stereocenters. The summed E-state index contributed by atoms with van der Waals surface area (Å²) < 4.78 is 0. The summed E-state index contributed by atoms with van der Waals surface area (Å²) in [5.41, 5.74) is 2.81. The van der Waals surface area contributed by atoms with Crippen molar-refractivity contribution in [2.24, 2.45) is 11.3 Å². The Bertz CT molecular complexity index is 442. The molecule has 1 aromatic rings. The lowest BCUT2D eigenvalue weighted by Crippen LogP contribution is -2.26. The number of hydrogen-bond donors (Lipinski definition) is 3. The molecule has 1 heterocycles. The Hall–Kier alpha value is -1.63. The van der Waals surface area contributed by atoms with Crippen molar-refractivity contribution in [1.29, 1.82) is 0 Å². The van der Waals surface area contributed by atoms with Gasteiger partial charge in [0.05, 0.1) is 0 Å². The molecule has 19 heavy (non-hydrogen) atoms. The molecule has 1 aliphatic carbocycles. The first-order chi connectivity index (χ1) is 9.00. The summed E-state index contributed by atoms with van der Waals surface area (Å²) >= 11 is 0. The molecule has 7 heteroatoms. The Morgan fingerprint density at radius 3 is 2.26 bits per heavy atom. The van der Waals surface area contributed by atoms with Crippen molar-refractivity contribution in [3.8, 4) is 0 Å². The van der Waals surface area contributed by atoms with Gasteiger partial charge in [0.2, 0.25) is 17.8 Å². The first kappa shape index (κ1) is 13.8. The second-order valence-corrected chi connectivity index (χ2v) is 5.49. The first-order valence-corrected chi connectivity index (χ1v) is 6.74. The SMILES string of the molecule is CCN(CC)c1nc(NN)nc(NC2CC2(C)C)n1. The maximum Gasteiger partial charge on any atom is 0.243 e. The molecule has 4 N–H and O–H groups in total. The summed E-state index contributed by atoms with van der Waals surface area (Å²) in [4.78, 5) is 15.1. The minimum absolute atomic E-state index is 0.318. The van der Waals surface area contributed by atoms with Gasteiger partial charge in [-0.2, -0.15) is 15.0 Å². The number of aromatic nitrogens is 3. The third kappa shape index (κ3) is 3.04. The van der Waals surface area contributed by atoms with E-state index < -0.39 is 0 Å². The first-order valence-electron chi connectivity index (χ1n) is 6.74. The van der Waals surface area contributed by atoms with E-state index in [1.807, 2.05) is 0 Å². The van der Waals surface area contributed by atoms with Crippen LogP contribution >= 0.6 is 0 Å². The van der Waals surface area contributed by atoms with Crippen molar-refractivity contribution < 1.29 is 0 Å². The second-order valence-electron chi connectivity index (χ2n) is 5.49. The van der Waals surface area contributed by atoms with Crippen LogP contribution in [0.1, 0.15) is 34.1 Å². The van der Waals surface area contributed by atoms with Crippen LogP contribution < -0.4 is 21.5 Å². The fourth-order valence-electron chi connectivity index (χ4n) is 2.01. The van der Waals surface area contributed by atoms with Crippen LogP contribution in [0.2, 0.25) is 0 Å². The van der Waals surface area contributed by atoms with Gasteiger partial charge in [0.25, 0.3) is 0 Å². The predicted octanol–water partition coefficient (Wildman–Crippen LogP) is 1.21. The largest absolute Gasteiger partial charge is 0.351 e. The monoisotopic (exact) mass is 265 g/mol. The summed E-state index contributed by atoms with van der Waals surface area (Å²) in [7, 11) is 0. The number of nitrogens with zero attached hydrogens (tertiary/aromatic N) is 4. The van der Waals surface area contributed by atoms with Gasteiger partial charge in [-0.15, -0.1) is 0 Å². The molecule has 0 bridgehead atoms. The molecule has 1 fully saturated rings. The van der Waals surface area contributed by atoms with Crippen LogP contribution in [0.15, 0.2) is 0 Å². The van der Waals surface area contributed by atoms with E-state index in [0.29, 0.717) is 29.3 Å². The Morgan fingerprint density at radius 2 is 1.79 bits per heavy atom. The van der Waals surface area contributed by atoms with Crippen molar-refractivity contribution in [1.82, 2.24) is 15.0 Å². The zero-order chi connectivity index (χ0) is 14.0. The zero-order valence-electron chi connectivity index (χ0n) is 12.1. The molecule has 0 aromatic carbocycles. The Balaban J connectivity index is 2.20. The fraction of sp³-hybridized carbons (Fsp3) is 0.750. The van der Waals surface area contributed by atoms with E-state index in [0.717, 1.165) is 19.5 Å². The van der Waals surface area contributed by atoms with Gasteiger partial charge in [-0.1, -0.05) is 13.8 Å². The number of hydrogen-bond acceptors (Lipinski definition) is 7. The maximum atomic E-state index is 5.42. The molecule has 1 aromatic heterocycles. The van der Waals surface area contributed by atoms with Gasteiger partial charge in [0.15, 0.2) is 0 Å². The van der Waals surface area contributed by atoms with Gasteiger partial charge in [-0.25, -0.2) is 5.84 Å². The van der Waals surface area contributed by atoms with Crippen LogP contribution in [0.5, 0.6) is 0 Å². The van der Waals surface area contributed by atoms with Gasteiger partial charge in [-0.3, -0.25) is 5.43 Å². The van der Waals surface area contributed by atoms with Crippen LogP contribution in [0, 0.1) is 5.41 Å². The van der Waals surface area contributed by atoms with Crippen LogP contribution in [-0.4, -0.2) is 34.1 Å². The molecule has 106 valence electrons. The average Bonchev–Trinajstić information content (AvgIpc) is 2.97. The van der Waals surface area contributed by atoms with Crippen molar-refractivity contribution in [2.45, 2.75) is 40.2 Å². The summed E-state index contributed by atoms with van der Waals surface area (Å²) in [5.74, 6) is 7.04. The van der Waals surface area contributed by atoms with Crippen LogP contribution in [0.4, 0.5) is 17.8 Å². The van der Waals surface area contributed by atoms with E-state index in [1.54, 1.807) is 0 Å². The van der Waals surface area contributed by atoms with Crippen molar-refractivity contribution in [3.05, 3.63) is 0 Å². The fourth-order valence-corrected chi connectivity index (χ4v) is 2.01. The van der Waals surface area contributed by atoms with E-state index in [2.05, 4.69) is 58.3 Å². The smallest absolute Gasteiger partial charge is 0.243 e. The lowest BCUT2D eigenvalue weighted by atomic mass is 10.2. The molecule has 0 aliphatic heterocycles. The highest BCUT2D eigenvalue weighted by Gasteiger charge is 2.46. The van der Waals surface area contributed by atoms with Gasteiger partial charge < -0.3 is 10.2 Å². The topological polar surface area (TPSA) is 92.0 Å². The number of hydrazine groups is 1. The molecule has 2 rings (SSSR count). The summed E-state index contributed by atoms with van der Waals surface area (Å²) in [6.07, 6.45) is 1.13. The van der Waals surface area contributed by atoms with Gasteiger partial charge in [0, 0.05) is 19.1 Å². The molecule has 0 spiro atoms. The number of rotatable bonds is 6. The van der Waals surface area contributed by atoms with Crippen molar-refractivity contribution in [3.63, 3.8) is 0 Å². The summed E-state index contributed by atoms with van der Waals surface area (Å²) in [6, 6.07) is 0.421. The molecule has 0 saturated heterocycles. The molecular formula is C12H23N7.